The van der Waals surface area contributed by atoms with Crippen LogP contribution in [0.25, 0.3) is 21.9 Å². The molecule has 4 aromatic rings. The average molecular weight is 529 g/mol. The van der Waals surface area contributed by atoms with E-state index in [0.29, 0.717) is 64.9 Å². The van der Waals surface area contributed by atoms with Gasteiger partial charge < -0.3 is 20.0 Å². The number of primary amides is 1. The molecule has 0 radical (unpaired) electrons. The maximum Gasteiger partial charge on any atom is 0.272 e. The van der Waals surface area contributed by atoms with Crippen LogP contribution < -0.4 is 15.5 Å². The van der Waals surface area contributed by atoms with Gasteiger partial charge in [0, 0.05) is 41.8 Å². The highest BCUT2D eigenvalue weighted by Gasteiger charge is 2.32. The highest BCUT2D eigenvalue weighted by molar-refractivity contribution is 6.40. The number of fused-ring (bicyclic) bond motifs is 3. The summed E-state index contributed by atoms with van der Waals surface area (Å²) in [5.74, 6) is -0.602. The molecule has 1 aliphatic rings. The number of halogens is 2. The molecule has 0 spiro atoms. The van der Waals surface area contributed by atoms with Gasteiger partial charge in [0.2, 0.25) is 5.91 Å². The van der Waals surface area contributed by atoms with E-state index in [-0.39, 0.29) is 15.6 Å². The first-order chi connectivity index (χ1) is 17.3. The molecule has 0 unspecified atom stereocenters. The van der Waals surface area contributed by atoms with Crippen molar-refractivity contribution in [2.45, 2.75) is 18.9 Å². The second-order valence-corrected chi connectivity index (χ2v) is 9.26. The first-order valence-corrected chi connectivity index (χ1v) is 11.9. The molecular weight excluding hydrogens is 507 g/mol. The summed E-state index contributed by atoms with van der Waals surface area (Å²) in [6.07, 6.45) is 3.35. The number of amides is 2. The maximum atomic E-state index is 14.0. The molecule has 36 heavy (non-hydrogen) atoms. The van der Waals surface area contributed by atoms with E-state index in [0.717, 1.165) is 0 Å². The lowest BCUT2D eigenvalue weighted by molar-refractivity contribution is 0.0641. The molecule has 186 valence electrons. The van der Waals surface area contributed by atoms with Crippen LogP contribution in [0.4, 0.5) is 5.69 Å². The van der Waals surface area contributed by atoms with Gasteiger partial charge in [-0.05, 0) is 43.2 Å². The first kappa shape index (κ1) is 24.3. The van der Waals surface area contributed by atoms with Gasteiger partial charge in [0.05, 0.1) is 28.8 Å². The molecule has 0 bridgehead atoms. The molecule has 1 saturated heterocycles. The summed E-state index contributed by atoms with van der Waals surface area (Å²) in [5, 5.41) is 14.6. The number of hydrogen-bond acceptors (Lipinski definition) is 7. The number of hydrazine groups is 1. The minimum atomic E-state index is -0.633. The molecule has 3 N–H and O–H groups in total. The van der Waals surface area contributed by atoms with Gasteiger partial charge in [-0.15, -0.1) is 0 Å². The van der Waals surface area contributed by atoms with Crippen molar-refractivity contribution < 1.29 is 23.8 Å². The predicted octanol–water partition coefficient (Wildman–Crippen LogP) is 4.41. The lowest BCUT2D eigenvalue weighted by Crippen LogP contribution is -2.51. The van der Waals surface area contributed by atoms with Crippen LogP contribution in [0.5, 0.6) is 5.75 Å². The van der Waals surface area contributed by atoms with E-state index in [2.05, 4.69) is 4.98 Å². The topological polar surface area (TPSA) is 122 Å². The van der Waals surface area contributed by atoms with Crippen molar-refractivity contribution in [3.8, 4) is 5.75 Å². The Kier molecular flexibility index (Phi) is 6.48. The number of nitrogens with zero attached hydrogens (tertiary/aromatic N) is 3. The zero-order valence-corrected chi connectivity index (χ0v) is 20.7. The zero-order chi connectivity index (χ0) is 25.6. The molecule has 0 aliphatic carbocycles. The molecule has 2 aromatic heterocycles. The van der Waals surface area contributed by atoms with Crippen LogP contribution in [-0.2, 0) is 0 Å². The highest BCUT2D eigenvalue weighted by atomic mass is 35.5. The number of aliphatic hydroxyl groups excluding tert-OH is 1. The summed E-state index contributed by atoms with van der Waals surface area (Å²) in [6.45, 7) is 0.837. The van der Waals surface area contributed by atoms with Crippen molar-refractivity contribution in [1.82, 2.24) is 9.99 Å². The Morgan fingerprint density at radius 1 is 1.17 bits per heavy atom. The molecule has 3 heterocycles. The van der Waals surface area contributed by atoms with E-state index in [4.69, 9.17) is 38.1 Å². The van der Waals surface area contributed by atoms with Gasteiger partial charge in [0.25, 0.3) is 5.91 Å². The predicted molar refractivity (Wildman–Crippen MR) is 137 cm³/mol. The van der Waals surface area contributed by atoms with E-state index in [1.54, 1.807) is 35.3 Å². The van der Waals surface area contributed by atoms with Gasteiger partial charge in [0.1, 0.15) is 11.3 Å². The molecule has 9 nitrogen and oxygen atoms in total. The number of ether oxygens (including phenoxy) is 1. The number of rotatable bonds is 5. The normalized spacial score (nSPS) is 14.9. The summed E-state index contributed by atoms with van der Waals surface area (Å²) in [6, 6.07) is 8.09. The number of aliphatic hydroxyl groups is 1. The Morgan fingerprint density at radius 3 is 2.50 bits per heavy atom. The van der Waals surface area contributed by atoms with E-state index in [1.165, 1.54) is 24.5 Å². The molecule has 11 heteroatoms. The Hall–Kier alpha value is -3.37. The lowest BCUT2D eigenvalue weighted by Gasteiger charge is -2.39. The number of aromatic nitrogens is 1. The van der Waals surface area contributed by atoms with E-state index in [1.807, 2.05) is 0 Å². The van der Waals surface area contributed by atoms with E-state index >= 15 is 0 Å². The van der Waals surface area contributed by atoms with Crippen molar-refractivity contribution in [2.24, 2.45) is 5.73 Å². The average Bonchev–Trinajstić information content (AvgIpc) is 3.25. The molecule has 5 rings (SSSR count). The third-order valence-electron chi connectivity index (χ3n) is 6.27. The van der Waals surface area contributed by atoms with Crippen LogP contribution in [-0.4, -0.2) is 53.2 Å². The minimum Gasteiger partial charge on any atom is -0.493 e. The Morgan fingerprint density at radius 2 is 1.86 bits per heavy atom. The number of hydrogen-bond donors (Lipinski definition) is 2. The number of nitrogens with two attached hydrogens (primary N) is 1. The molecule has 0 atom stereocenters. The Balaban J connectivity index is 1.68. The quantitative estimate of drug-likeness (QED) is 0.393. The zero-order valence-electron chi connectivity index (χ0n) is 19.2. The first-order valence-electron chi connectivity index (χ1n) is 11.2. The third kappa shape index (κ3) is 4.14. The van der Waals surface area contributed by atoms with Crippen LogP contribution in [0.3, 0.4) is 0 Å². The fourth-order valence-electron chi connectivity index (χ4n) is 4.51. The fraction of sp³-hybridized carbons (Fsp3) is 0.240. The molecular formula is C25H22Cl2N4O5. The van der Waals surface area contributed by atoms with Gasteiger partial charge in [-0.3, -0.25) is 14.6 Å². The fourth-order valence-corrected chi connectivity index (χ4v) is 5.03. The van der Waals surface area contributed by atoms with Crippen LogP contribution >= 0.6 is 23.2 Å². The third-order valence-corrected chi connectivity index (χ3v) is 6.82. The molecule has 2 aromatic carbocycles. The number of benzene rings is 2. The largest absolute Gasteiger partial charge is 0.493 e. The minimum absolute atomic E-state index is 0.206. The molecule has 1 aliphatic heterocycles. The number of furan rings is 1. The van der Waals surface area contributed by atoms with E-state index < -0.39 is 17.9 Å². The van der Waals surface area contributed by atoms with E-state index in [9.17, 15) is 14.7 Å². The summed E-state index contributed by atoms with van der Waals surface area (Å²) >= 11 is 12.9. The second kappa shape index (κ2) is 9.59. The number of piperidine rings is 1. The van der Waals surface area contributed by atoms with Crippen molar-refractivity contribution in [1.29, 1.82) is 0 Å². The second-order valence-electron chi connectivity index (χ2n) is 8.45. The van der Waals surface area contributed by atoms with Crippen molar-refractivity contribution in [3.63, 3.8) is 0 Å². The molecule has 2 amide bonds. The number of carbonyl (C=O) groups excluding carboxylic acids is 2. The van der Waals surface area contributed by atoms with Gasteiger partial charge in [-0.25, -0.2) is 10.0 Å². The number of anilines is 1. The lowest BCUT2D eigenvalue weighted by atomic mass is 10.0. The molecule has 0 saturated carbocycles. The standard InChI is InChI=1S/C25H22Cl2N4O5/c1-35-20-5-3-15(24(28)33)21-16-10-13(2-4-19(16)36-23(20)21)25(34)31(30-8-6-14(32)7-9-30)22-17(26)11-29-12-18(22)27/h2-5,10-12,14,32H,6-9H2,1H3,(H2,28,33). The van der Waals surface area contributed by atoms with Crippen LogP contribution in [0.15, 0.2) is 47.1 Å². The van der Waals surface area contributed by atoms with Crippen LogP contribution in [0, 0.1) is 0 Å². The summed E-state index contributed by atoms with van der Waals surface area (Å²) in [7, 11) is 1.50. The summed E-state index contributed by atoms with van der Waals surface area (Å²) in [4.78, 5) is 30.2. The van der Waals surface area contributed by atoms with Crippen molar-refractivity contribution in [2.75, 3.05) is 25.2 Å². The number of methoxy groups -OCH3 is 1. The molecule has 1 fully saturated rings. The van der Waals surface area contributed by atoms with Crippen molar-refractivity contribution >= 4 is 62.6 Å². The summed E-state index contributed by atoms with van der Waals surface area (Å²) in [5.41, 5.74) is 7.29. The van der Waals surface area contributed by atoms with Gasteiger partial charge in [-0.1, -0.05) is 23.2 Å². The van der Waals surface area contributed by atoms with Crippen molar-refractivity contribution in [3.05, 3.63) is 63.9 Å². The van der Waals surface area contributed by atoms with Gasteiger partial charge in [-0.2, -0.15) is 0 Å². The van der Waals surface area contributed by atoms with Gasteiger partial charge in [0.15, 0.2) is 11.3 Å². The van der Waals surface area contributed by atoms with Gasteiger partial charge >= 0.3 is 0 Å². The highest BCUT2D eigenvalue weighted by Crippen LogP contribution is 2.39. The SMILES string of the molecule is COc1ccc(C(N)=O)c2c1oc1ccc(C(=O)N(c3c(Cl)cncc3Cl)N3CCC(O)CC3)cc12. The summed E-state index contributed by atoms with van der Waals surface area (Å²) < 4.78 is 11.4. The smallest absolute Gasteiger partial charge is 0.272 e. The number of carbonyl (C=O) groups is 2. The van der Waals surface area contributed by atoms with Crippen LogP contribution in [0.1, 0.15) is 33.6 Å². The Bertz CT molecular complexity index is 1480. The Labute approximate surface area is 215 Å². The van der Waals surface area contributed by atoms with Crippen LogP contribution in [0.2, 0.25) is 10.0 Å². The number of pyridine rings is 1. The monoisotopic (exact) mass is 528 g/mol. The maximum absolute atomic E-state index is 14.0.